The van der Waals surface area contributed by atoms with Crippen LogP contribution in [-0.4, -0.2) is 21.4 Å². The number of carbonyl (C=O) groups excluding carboxylic acids is 1. The fourth-order valence-corrected chi connectivity index (χ4v) is 3.18. The minimum absolute atomic E-state index is 0.178. The number of aryl methyl sites for hydroxylation is 3. The molecule has 130 valence electrons. The number of thiazole rings is 1. The molecule has 3 aromatic rings. The van der Waals surface area contributed by atoms with Gasteiger partial charge in [0.05, 0.1) is 5.69 Å². The van der Waals surface area contributed by atoms with Gasteiger partial charge in [0.2, 0.25) is 0 Å². The molecule has 0 saturated heterocycles. The molecule has 7 heteroatoms. The number of hydrogen-bond acceptors (Lipinski definition) is 5. The molecule has 1 unspecified atom stereocenters. The average Bonchev–Trinajstić information content (AvgIpc) is 3.03. The molecule has 0 aliphatic rings. The predicted molar refractivity (Wildman–Crippen MR) is 98.7 cm³/mol. The summed E-state index contributed by atoms with van der Waals surface area (Å²) in [6.07, 6.45) is 0.892. The van der Waals surface area contributed by atoms with E-state index >= 15 is 0 Å². The van der Waals surface area contributed by atoms with Gasteiger partial charge in [-0.05, 0) is 44.9 Å². The van der Waals surface area contributed by atoms with E-state index in [4.69, 9.17) is 4.74 Å². The molecule has 0 spiro atoms. The van der Waals surface area contributed by atoms with Gasteiger partial charge in [-0.1, -0.05) is 12.1 Å². The Morgan fingerprint density at radius 1 is 1.32 bits per heavy atom. The average molecular weight is 357 g/mol. The smallest absolute Gasteiger partial charge is 0.282 e. The molecule has 1 N–H and O–H groups in total. The van der Waals surface area contributed by atoms with Crippen LogP contribution in [0.3, 0.4) is 0 Å². The zero-order chi connectivity index (χ0) is 18.1. The van der Waals surface area contributed by atoms with Gasteiger partial charge >= 0.3 is 0 Å². The maximum Gasteiger partial charge on any atom is 0.282 e. The molecule has 1 aromatic carbocycles. The number of ether oxygens (including phenoxy) is 1. The highest BCUT2D eigenvalue weighted by atomic mass is 32.1. The molecule has 0 aliphatic carbocycles. The molecule has 2 heterocycles. The maximum absolute atomic E-state index is 12.5. The number of amides is 1. The molecule has 2 aromatic heterocycles. The molecule has 1 amide bonds. The summed E-state index contributed by atoms with van der Waals surface area (Å²) in [7, 11) is 0. The van der Waals surface area contributed by atoms with Gasteiger partial charge in [0, 0.05) is 11.6 Å². The van der Waals surface area contributed by atoms with Crippen LogP contribution >= 0.6 is 11.3 Å². The standard InChI is InChI=1S/C18H19N3O3S/c1-10-5-6-11(2)14(9-10)24-13(4)16(22)20-15-12(3)19-18-21(17(15)23)7-8-25-18/h5-9,13H,1-4H3,(H,20,22). The van der Waals surface area contributed by atoms with E-state index in [-0.39, 0.29) is 11.2 Å². The van der Waals surface area contributed by atoms with Crippen molar-refractivity contribution in [1.29, 1.82) is 0 Å². The second kappa shape index (κ2) is 6.68. The highest BCUT2D eigenvalue weighted by molar-refractivity contribution is 7.15. The number of rotatable bonds is 4. The van der Waals surface area contributed by atoms with E-state index in [1.165, 1.54) is 15.7 Å². The van der Waals surface area contributed by atoms with E-state index in [9.17, 15) is 9.59 Å². The van der Waals surface area contributed by atoms with Crippen molar-refractivity contribution in [3.63, 3.8) is 0 Å². The molecule has 0 bridgehead atoms. The first-order valence-corrected chi connectivity index (χ1v) is 8.76. The van der Waals surface area contributed by atoms with Crippen molar-refractivity contribution in [3.8, 4) is 5.75 Å². The topological polar surface area (TPSA) is 72.7 Å². The maximum atomic E-state index is 12.5. The first kappa shape index (κ1) is 17.2. The van der Waals surface area contributed by atoms with Gasteiger partial charge in [-0.25, -0.2) is 4.98 Å². The van der Waals surface area contributed by atoms with Crippen LogP contribution in [0.2, 0.25) is 0 Å². The molecule has 25 heavy (non-hydrogen) atoms. The van der Waals surface area contributed by atoms with Gasteiger partial charge in [0.25, 0.3) is 11.5 Å². The van der Waals surface area contributed by atoms with Crippen LogP contribution < -0.4 is 15.6 Å². The van der Waals surface area contributed by atoms with Gasteiger partial charge < -0.3 is 10.1 Å². The first-order chi connectivity index (χ1) is 11.9. The molecule has 0 aliphatic heterocycles. The summed E-state index contributed by atoms with van der Waals surface area (Å²) in [5, 5.41) is 4.44. The third kappa shape index (κ3) is 3.41. The minimum atomic E-state index is -0.748. The van der Waals surface area contributed by atoms with Gasteiger partial charge in [-0.2, -0.15) is 0 Å². The van der Waals surface area contributed by atoms with Gasteiger partial charge in [-0.15, -0.1) is 11.3 Å². The monoisotopic (exact) mass is 357 g/mol. The van der Waals surface area contributed by atoms with Crippen LogP contribution in [0, 0.1) is 20.8 Å². The summed E-state index contributed by atoms with van der Waals surface area (Å²) in [5.74, 6) is 0.264. The fraction of sp³-hybridized carbons (Fsp3) is 0.278. The van der Waals surface area contributed by atoms with Gasteiger partial charge in [-0.3, -0.25) is 14.0 Å². The lowest BCUT2D eigenvalue weighted by molar-refractivity contribution is -0.122. The summed E-state index contributed by atoms with van der Waals surface area (Å²) in [4.78, 5) is 29.9. The lowest BCUT2D eigenvalue weighted by Crippen LogP contribution is -2.33. The van der Waals surface area contributed by atoms with Gasteiger partial charge in [0.1, 0.15) is 11.4 Å². The van der Waals surface area contributed by atoms with Gasteiger partial charge in [0.15, 0.2) is 11.1 Å². The Morgan fingerprint density at radius 3 is 2.84 bits per heavy atom. The number of anilines is 1. The minimum Gasteiger partial charge on any atom is -0.481 e. The molecule has 3 rings (SSSR count). The van der Waals surface area contributed by atoms with Crippen molar-refractivity contribution in [3.05, 3.63) is 57.0 Å². The zero-order valence-corrected chi connectivity index (χ0v) is 15.3. The molecular formula is C18H19N3O3S. The lowest BCUT2D eigenvalue weighted by Gasteiger charge is -2.17. The summed E-state index contributed by atoms with van der Waals surface area (Å²) in [6, 6.07) is 5.82. The number of nitrogens with one attached hydrogen (secondary N) is 1. The number of nitrogens with zero attached hydrogens (tertiary/aromatic N) is 2. The second-order valence-electron chi connectivity index (χ2n) is 5.95. The molecule has 0 radical (unpaired) electrons. The van der Waals surface area contributed by atoms with E-state index < -0.39 is 12.0 Å². The van der Waals surface area contributed by atoms with Crippen molar-refractivity contribution < 1.29 is 9.53 Å². The Kier molecular flexibility index (Phi) is 4.59. The summed E-state index contributed by atoms with van der Waals surface area (Å²) < 4.78 is 7.19. The Labute approximate surface area is 149 Å². The Bertz CT molecular complexity index is 1010. The number of hydrogen-bond donors (Lipinski definition) is 1. The van der Waals surface area contributed by atoms with Crippen LogP contribution in [0.25, 0.3) is 4.96 Å². The van der Waals surface area contributed by atoms with Crippen LogP contribution in [0.5, 0.6) is 5.75 Å². The van der Waals surface area contributed by atoms with Crippen molar-refractivity contribution in [2.45, 2.75) is 33.8 Å². The molecule has 1 atom stereocenters. The summed E-state index contributed by atoms with van der Waals surface area (Å²) >= 11 is 1.37. The summed E-state index contributed by atoms with van der Waals surface area (Å²) in [6.45, 7) is 7.24. The van der Waals surface area contributed by atoms with Crippen molar-refractivity contribution in [2.24, 2.45) is 0 Å². The number of aromatic nitrogens is 2. The van der Waals surface area contributed by atoms with E-state index in [0.717, 1.165) is 11.1 Å². The van der Waals surface area contributed by atoms with E-state index in [2.05, 4.69) is 10.3 Å². The number of fused-ring (bicyclic) bond motifs is 1. The largest absolute Gasteiger partial charge is 0.481 e. The highest BCUT2D eigenvalue weighted by Crippen LogP contribution is 2.21. The molecule has 0 saturated carbocycles. The first-order valence-electron chi connectivity index (χ1n) is 7.88. The van der Waals surface area contributed by atoms with E-state index in [0.29, 0.717) is 16.4 Å². The van der Waals surface area contributed by atoms with Crippen LogP contribution in [0.1, 0.15) is 23.7 Å². The van der Waals surface area contributed by atoms with E-state index in [1.54, 1.807) is 25.4 Å². The number of carbonyl (C=O) groups is 1. The summed E-state index contributed by atoms with van der Waals surface area (Å²) in [5.41, 5.74) is 2.37. The quantitative estimate of drug-likeness (QED) is 0.779. The van der Waals surface area contributed by atoms with Crippen molar-refractivity contribution in [1.82, 2.24) is 9.38 Å². The normalized spacial score (nSPS) is 12.2. The zero-order valence-electron chi connectivity index (χ0n) is 14.5. The van der Waals surface area contributed by atoms with E-state index in [1.807, 2.05) is 32.0 Å². The third-order valence-electron chi connectivity index (χ3n) is 3.91. The molecule has 6 nitrogen and oxygen atoms in total. The Balaban J connectivity index is 1.82. The Morgan fingerprint density at radius 2 is 2.08 bits per heavy atom. The third-order valence-corrected chi connectivity index (χ3v) is 4.67. The molecular weight excluding hydrogens is 338 g/mol. The van der Waals surface area contributed by atoms with Crippen LogP contribution in [0.4, 0.5) is 5.69 Å². The van der Waals surface area contributed by atoms with Crippen molar-refractivity contribution in [2.75, 3.05) is 5.32 Å². The van der Waals surface area contributed by atoms with Crippen LogP contribution in [0.15, 0.2) is 34.6 Å². The predicted octanol–water partition coefficient (Wildman–Crippen LogP) is 3.09. The Hall–Kier alpha value is -2.67. The van der Waals surface area contributed by atoms with Crippen molar-refractivity contribution >= 4 is 27.9 Å². The van der Waals surface area contributed by atoms with Crippen LogP contribution in [-0.2, 0) is 4.79 Å². The second-order valence-corrected chi connectivity index (χ2v) is 6.82. The highest BCUT2D eigenvalue weighted by Gasteiger charge is 2.20. The number of benzene rings is 1. The lowest BCUT2D eigenvalue weighted by atomic mass is 10.1. The molecule has 0 fully saturated rings. The fourth-order valence-electron chi connectivity index (χ4n) is 2.43. The SMILES string of the molecule is Cc1ccc(C)c(OC(C)C(=O)Nc2c(C)nc3sccn3c2=O)c1.